The van der Waals surface area contributed by atoms with Crippen molar-refractivity contribution >= 4 is 5.69 Å². The second-order valence-corrected chi connectivity index (χ2v) is 5.23. The maximum Gasteiger partial charge on any atom is 0.0370 e. The van der Waals surface area contributed by atoms with Crippen LogP contribution in [0.3, 0.4) is 0 Å². The molecule has 1 aromatic carbocycles. The summed E-state index contributed by atoms with van der Waals surface area (Å²) in [6.45, 7) is 12.0. The first-order chi connectivity index (χ1) is 6.38. The van der Waals surface area contributed by atoms with E-state index in [1.54, 1.807) is 0 Å². The monoisotopic (exact) mass is 191 g/mol. The maximum absolute atomic E-state index is 3.48. The molecular formula is C13H21N. The van der Waals surface area contributed by atoms with Crippen molar-refractivity contribution in [3.8, 4) is 0 Å². The average molecular weight is 191 g/mol. The molecule has 1 nitrogen and oxygen atoms in total. The van der Waals surface area contributed by atoms with E-state index in [4.69, 9.17) is 0 Å². The summed E-state index contributed by atoms with van der Waals surface area (Å²) < 4.78 is 0. The summed E-state index contributed by atoms with van der Waals surface area (Å²) in [6, 6.07) is 6.53. The third-order valence-electron chi connectivity index (χ3n) is 2.19. The van der Waals surface area contributed by atoms with Gasteiger partial charge in [-0.2, -0.15) is 0 Å². The average Bonchev–Trinajstić information content (AvgIpc) is 2.00. The zero-order valence-electron chi connectivity index (χ0n) is 9.94. The van der Waals surface area contributed by atoms with Crippen LogP contribution >= 0.6 is 0 Å². The molecule has 1 rings (SSSR count). The fraction of sp³-hybridized carbons (Fsp3) is 0.538. The topological polar surface area (TPSA) is 12.0 Å². The minimum atomic E-state index is 0.331. The van der Waals surface area contributed by atoms with Crippen molar-refractivity contribution in [1.82, 2.24) is 0 Å². The van der Waals surface area contributed by atoms with E-state index < -0.39 is 0 Å². The van der Waals surface area contributed by atoms with Gasteiger partial charge < -0.3 is 5.32 Å². The largest absolute Gasteiger partial charge is 0.384 e. The molecule has 0 spiro atoms. The van der Waals surface area contributed by atoms with Crippen molar-refractivity contribution in [2.24, 2.45) is 5.41 Å². The Morgan fingerprint density at radius 2 is 1.79 bits per heavy atom. The molecule has 14 heavy (non-hydrogen) atoms. The Morgan fingerprint density at radius 1 is 1.14 bits per heavy atom. The minimum Gasteiger partial charge on any atom is -0.384 e. The molecule has 0 aromatic heterocycles. The van der Waals surface area contributed by atoms with Gasteiger partial charge in [0.15, 0.2) is 0 Å². The van der Waals surface area contributed by atoms with Crippen LogP contribution in [0.4, 0.5) is 5.69 Å². The Labute approximate surface area is 87.5 Å². The Balaban J connectivity index is 2.68. The first-order valence-corrected chi connectivity index (χ1v) is 5.20. The number of nitrogens with one attached hydrogen (secondary N) is 1. The van der Waals surface area contributed by atoms with E-state index >= 15 is 0 Å². The lowest BCUT2D eigenvalue weighted by Gasteiger charge is -2.20. The maximum atomic E-state index is 3.48. The molecule has 78 valence electrons. The predicted octanol–water partition coefficient (Wildman–Crippen LogP) is 3.76. The number of hydrogen-bond acceptors (Lipinski definition) is 1. The molecule has 0 aliphatic carbocycles. The molecule has 0 bridgehead atoms. The van der Waals surface area contributed by atoms with Gasteiger partial charge in [-0.05, 0) is 30.9 Å². The second kappa shape index (κ2) is 4.04. The van der Waals surface area contributed by atoms with Crippen LogP contribution in [-0.4, -0.2) is 6.54 Å². The quantitative estimate of drug-likeness (QED) is 0.750. The van der Waals surface area contributed by atoms with Crippen molar-refractivity contribution in [3.63, 3.8) is 0 Å². The Morgan fingerprint density at radius 3 is 2.29 bits per heavy atom. The van der Waals surface area contributed by atoms with Crippen molar-refractivity contribution in [3.05, 3.63) is 29.3 Å². The molecule has 0 saturated heterocycles. The van der Waals surface area contributed by atoms with Crippen LogP contribution in [0.5, 0.6) is 0 Å². The van der Waals surface area contributed by atoms with Crippen LogP contribution in [0.2, 0.25) is 0 Å². The van der Waals surface area contributed by atoms with Gasteiger partial charge in [0.25, 0.3) is 0 Å². The van der Waals surface area contributed by atoms with Crippen LogP contribution in [0.25, 0.3) is 0 Å². The lowest BCUT2D eigenvalue weighted by molar-refractivity contribution is 0.443. The van der Waals surface area contributed by atoms with Crippen molar-refractivity contribution < 1.29 is 0 Å². The molecule has 0 heterocycles. The molecule has 0 radical (unpaired) electrons. The Bertz CT molecular complexity index is 308. The van der Waals surface area contributed by atoms with Gasteiger partial charge in [-0.25, -0.2) is 0 Å². The Hall–Kier alpha value is -0.980. The first-order valence-electron chi connectivity index (χ1n) is 5.20. The molecule has 1 aromatic rings. The second-order valence-electron chi connectivity index (χ2n) is 5.23. The third kappa shape index (κ3) is 3.41. The Kier molecular flexibility index (Phi) is 3.20. The lowest BCUT2D eigenvalue weighted by atomic mass is 9.96. The summed E-state index contributed by atoms with van der Waals surface area (Å²) in [6.07, 6.45) is 0. The van der Waals surface area contributed by atoms with Gasteiger partial charge in [-0.15, -0.1) is 0 Å². The van der Waals surface area contributed by atoms with Crippen LogP contribution in [0, 0.1) is 19.3 Å². The van der Waals surface area contributed by atoms with E-state index in [1.807, 2.05) is 0 Å². The lowest BCUT2D eigenvalue weighted by Crippen LogP contribution is -2.19. The van der Waals surface area contributed by atoms with E-state index in [2.05, 4.69) is 58.1 Å². The van der Waals surface area contributed by atoms with Crippen LogP contribution in [0.15, 0.2) is 18.2 Å². The fourth-order valence-corrected chi connectivity index (χ4v) is 1.37. The predicted molar refractivity (Wildman–Crippen MR) is 63.9 cm³/mol. The SMILES string of the molecule is Cc1ccc(NCC(C)(C)C)c(C)c1. The molecule has 1 N–H and O–H groups in total. The fourth-order valence-electron chi connectivity index (χ4n) is 1.37. The smallest absolute Gasteiger partial charge is 0.0370 e. The highest BCUT2D eigenvalue weighted by Crippen LogP contribution is 2.19. The summed E-state index contributed by atoms with van der Waals surface area (Å²) >= 11 is 0. The molecule has 0 aliphatic heterocycles. The molecular weight excluding hydrogens is 170 g/mol. The molecule has 0 amide bonds. The van der Waals surface area contributed by atoms with E-state index in [0.717, 1.165) is 6.54 Å². The number of benzene rings is 1. The molecule has 0 fully saturated rings. The number of rotatable bonds is 2. The summed E-state index contributed by atoms with van der Waals surface area (Å²) in [5.74, 6) is 0. The first kappa shape index (κ1) is 11.1. The number of hydrogen-bond donors (Lipinski definition) is 1. The van der Waals surface area contributed by atoms with Gasteiger partial charge in [0.2, 0.25) is 0 Å². The van der Waals surface area contributed by atoms with Gasteiger partial charge in [-0.1, -0.05) is 38.5 Å². The summed E-state index contributed by atoms with van der Waals surface area (Å²) in [4.78, 5) is 0. The summed E-state index contributed by atoms with van der Waals surface area (Å²) in [7, 11) is 0. The molecule has 0 saturated carbocycles. The minimum absolute atomic E-state index is 0.331. The zero-order valence-corrected chi connectivity index (χ0v) is 9.94. The summed E-state index contributed by atoms with van der Waals surface area (Å²) in [5.41, 5.74) is 4.24. The highest BCUT2D eigenvalue weighted by molar-refractivity contribution is 5.51. The standard InChI is InChI=1S/C13H21N/c1-10-6-7-12(11(2)8-10)14-9-13(3,4)5/h6-8,14H,9H2,1-5H3. The molecule has 1 heteroatoms. The molecule has 0 unspecified atom stereocenters. The van der Waals surface area contributed by atoms with Crippen molar-refractivity contribution in [2.75, 3.05) is 11.9 Å². The van der Waals surface area contributed by atoms with Crippen LogP contribution in [0.1, 0.15) is 31.9 Å². The van der Waals surface area contributed by atoms with Gasteiger partial charge in [-0.3, -0.25) is 0 Å². The summed E-state index contributed by atoms with van der Waals surface area (Å²) in [5, 5.41) is 3.48. The van der Waals surface area contributed by atoms with Gasteiger partial charge >= 0.3 is 0 Å². The highest BCUT2D eigenvalue weighted by Gasteiger charge is 2.09. The van der Waals surface area contributed by atoms with Crippen LogP contribution in [-0.2, 0) is 0 Å². The molecule has 0 aliphatic rings. The van der Waals surface area contributed by atoms with Crippen LogP contribution < -0.4 is 5.32 Å². The molecule has 0 atom stereocenters. The van der Waals surface area contributed by atoms with Crippen molar-refractivity contribution in [2.45, 2.75) is 34.6 Å². The number of aryl methyl sites for hydroxylation is 2. The van der Waals surface area contributed by atoms with Crippen molar-refractivity contribution in [1.29, 1.82) is 0 Å². The van der Waals surface area contributed by atoms with E-state index in [1.165, 1.54) is 16.8 Å². The van der Waals surface area contributed by atoms with Gasteiger partial charge in [0, 0.05) is 12.2 Å². The number of anilines is 1. The van der Waals surface area contributed by atoms with E-state index in [-0.39, 0.29) is 0 Å². The highest BCUT2D eigenvalue weighted by atomic mass is 14.9. The van der Waals surface area contributed by atoms with Gasteiger partial charge in [0.05, 0.1) is 0 Å². The van der Waals surface area contributed by atoms with E-state index in [0.29, 0.717) is 5.41 Å². The zero-order chi connectivity index (χ0) is 10.8. The normalized spacial score (nSPS) is 11.5. The van der Waals surface area contributed by atoms with Gasteiger partial charge in [0.1, 0.15) is 0 Å². The third-order valence-corrected chi connectivity index (χ3v) is 2.19. The van der Waals surface area contributed by atoms with E-state index in [9.17, 15) is 0 Å².